The Morgan fingerprint density at radius 3 is 2.81 bits per heavy atom. The molecule has 0 spiro atoms. The molecule has 21 heavy (non-hydrogen) atoms. The maximum absolute atomic E-state index is 5.30. The van der Waals surface area contributed by atoms with Crippen LogP contribution in [-0.4, -0.2) is 19.6 Å². The summed E-state index contributed by atoms with van der Waals surface area (Å²) in [4.78, 5) is 0. The molecule has 1 aliphatic rings. The van der Waals surface area contributed by atoms with Crippen LogP contribution in [0.1, 0.15) is 64.0 Å². The minimum absolute atomic E-state index is 0.431. The lowest BCUT2D eigenvalue weighted by Crippen LogP contribution is -2.40. The van der Waals surface area contributed by atoms with Crippen molar-refractivity contribution in [3.63, 3.8) is 0 Å². The van der Waals surface area contributed by atoms with Crippen LogP contribution < -0.4 is 10.6 Å². The molecule has 1 fully saturated rings. The van der Waals surface area contributed by atoms with Gasteiger partial charge in [-0.15, -0.1) is 0 Å². The summed E-state index contributed by atoms with van der Waals surface area (Å²) >= 11 is 0. The van der Waals surface area contributed by atoms with Gasteiger partial charge < -0.3 is 15.1 Å². The van der Waals surface area contributed by atoms with Crippen LogP contribution in [0.3, 0.4) is 0 Å². The summed E-state index contributed by atoms with van der Waals surface area (Å²) in [6, 6.07) is 3.22. The summed E-state index contributed by atoms with van der Waals surface area (Å²) in [5.41, 5.74) is 1.30. The third-order valence-corrected chi connectivity index (χ3v) is 5.16. The van der Waals surface area contributed by atoms with Crippen LogP contribution in [0.5, 0.6) is 0 Å². The van der Waals surface area contributed by atoms with E-state index in [-0.39, 0.29) is 0 Å². The van der Waals surface area contributed by atoms with Gasteiger partial charge in [-0.2, -0.15) is 0 Å². The number of furan rings is 1. The Morgan fingerprint density at radius 2 is 2.19 bits per heavy atom. The monoisotopic (exact) mass is 292 g/mol. The first-order valence-corrected chi connectivity index (χ1v) is 8.71. The first kappa shape index (κ1) is 16.6. The van der Waals surface area contributed by atoms with E-state index in [0.717, 1.165) is 18.4 Å². The zero-order chi connectivity index (χ0) is 15.1. The molecule has 0 bridgehead atoms. The van der Waals surface area contributed by atoms with Gasteiger partial charge in [0.25, 0.3) is 0 Å². The van der Waals surface area contributed by atoms with E-state index in [1.54, 1.807) is 6.26 Å². The highest BCUT2D eigenvalue weighted by molar-refractivity contribution is 5.12. The van der Waals surface area contributed by atoms with Gasteiger partial charge in [-0.25, -0.2) is 0 Å². The fourth-order valence-electron chi connectivity index (χ4n) is 3.80. The molecule has 2 N–H and O–H groups in total. The maximum atomic E-state index is 5.30. The molecule has 0 aliphatic heterocycles. The van der Waals surface area contributed by atoms with Gasteiger partial charge in [-0.05, 0) is 63.6 Å². The van der Waals surface area contributed by atoms with Gasteiger partial charge in [-0.3, -0.25) is 0 Å². The van der Waals surface area contributed by atoms with Crippen molar-refractivity contribution < 1.29 is 4.42 Å². The van der Waals surface area contributed by atoms with Crippen molar-refractivity contribution in [1.82, 2.24) is 10.6 Å². The van der Waals surface area contributed by atoms with Crippen LogP contribution in [0.25, 0.3) is 0 Å². The molecule has 1 aromatic rings. The summed E-state index contributed by atoms with van der Waals surface area (Å²) < 4.78 is 5.30. The van der Waals surface area contributed by atoms with E-state index in [1.165, 1.54) is 44.1 Å². The van der Waals surface area contributed by atoms with Crippen LogP contribution in [0.4, 0.5) is 0 Å². The van der Waals surface area contributed by atoms with E-state index in [1.807, 2.05) is 6.26 Å². The van der Waals surface area contributed by atoms with Crippen LogP contribution >= 0.6 is 0 Å². The van der Waals surface area contributed by atoms with Crippen molar-refractivity contribution >= 4 is 0 Å². The second-order valence-corrected chi connectivity index (χ2v) is 6.54. The van der Waals surface area contributed by atoms with Crippen molar-refractivity contribution in [3.05, 3.63) is 24.2 Å². The van der Waals surface area contributed by atoms with Crippen molar-refractivity contribution in [1.29, 1.82) is 0 Å². The highest BCUT2D eigenvalue weighted by atomic mass is 16.3. The topological polar surface area (TPSA) is 37.2 Å². The van der Waals surface area contributed by atoms with Gasteiger partial charge in [0.05, 0.1) is 12.5 Å². The van der Waals surface area contributed by atoms with Crippen LogP contribution in [-0.2, 0) is 0 Å². The lowest BCUT2D eigenvalue weighted by molar-refractivity contribution is 0.181. The standard InChI is InChI=1S/C18H32N2O/c1-4-9-20-18(15-8-10-21-13-15)12-16-11-14(5-2)6-7-17(16)19-3/h8,10,13-14,16-20H,4-7,9,11-12H2,1-3H3. The average Bonchev–Trinajstić information content (AvgIpc) is 3.05. The van der Waals surface area contributed by atoms with E-state index in [2.05, 4.69) is 37.6 Å². The molecule has 1 heterocycles. The Labute approximate surface area is 129 Å². The van der Waals surface area contributed by atoms with Gasteiger partial charge in [0.2, 0.25) is 0 Å². The lowest BCUT2D eigenvalue weighted by Gasteiger charge is -2.37. The predicted octanol–water partition coefficient (Wildman–Crippen LogP) is 4.12. The highest BCUT2D eigenvalue weighted by Crippen LogP contribution is 2.36. The number of rotatable bonds is 8. The highest BCUT2D eigenvalue weighted by Gasteiger charge is 2.31. The van der Waals surface area contributed by atoms with Gasteiger partial charge >= 0.3 is 0 Å². The summed E-state index contributed by atoms with van der Waals surface area (Å²) in [5, 5.41) is 7.26. The average molecular weight is 292 g/mol. The molecule has 4 unspecified atom stereocenters. The molecular formula is C18H32N2O. The molecule has 4 atom stereocenters. The van der Waals surface area contributed by atoms with Crippen LogP contribution in [0.2, 0.25) is 0 Å². The maximum Gasteiger partial charge on any atom is 0.0950 e. The van der Waals surface area contributed by atoms with Crippen molar-refractivity contribution in [3.8, 4) is 0 Å². The molecule has 0 aromatic carbocycles. The van der Waals surface area contributed by atoms with Gasteiger partial charge in [0.15, 0.2) is 0 Å². The molecule has 0 amide bonds. The fraction of sp³-hybridized carbons (Fsp3) is 0.778. The number of hydrogen-bond acceptors (Lipinski definition) is 3. The minimum Gasteiger partial charge on any atom is -0.472 e. The molecule has 120 valence electrons. The Kier molecular flexibility index (Phi) is 6.78. The Balaban J connectivity index is 2.02. The van der Waals surface area contributed by atoms with E-state index in [9.17, 15) is 0 Å². The van der Waals surface area contributed by atoms with Crippen molar-refractivity contribution in [2.24, 2.45) is 11.8 Å². The summed E-state index contributed by atoms with van der Waals surface area (Å²) in [6.07, 6.45) is 11.5. The van der Waals surface area contributed by atoms with Crippen LogP contribution in [0, 0.1) is 11.8 Å². The summed E-state index contributed by atoms with van der Waals surface area (Å²) in [6.45, 7) is 5.64. The van der Waals surface area contributed by atoms with Gasteiger partial charge in [0, 0.05) is 17.6 Å². The Hall–Kier alpha value is -0.800. The summed E-state index contributed by atoms with van der Waals surface area (Å²) in [7, 11) is 2.12. The summed E-state index contributed by atoms with van der Waals surface area (Å²) in [5.74, 6) is 1.67. The zero-order valence-corrected chi connectivity index (χ0v) is 13.9. The molecule has 3 nitrogen and oxygen atoms in total. The van der Waals surface area contributed by atoms with E-state index >= 15 is 0 Å². The zero-order valence-electron chi connectivity index (χ0n) is 13.9. The molecule has 1 saturated carbocycles. The van der Waals surface area contributed by atoms with Crippen molar-refractivity contribution in [2.45, 2.75) is 64.5 Å². The smallest absolute Gasteiger partial charge is 0.0950 e. The van der Waals surface area contributed by atoms with Gasteiger partial charge in [-0.1, -0.05) is 20.3 Å². The van der Waals surface area contributed by atoms with Crippen LogP contribution in [0.15, 0.2) is 23.0 Å². The van der Waals surface area contributed by atoms with E-state index in [0.29, 0.717) is 12.1 Å². The Morgan fingerprint density at radius 1 is 1.33 bits per heavy atom. The molecule has 1 aliphatic carbocycles. The largest absolute Gasteiger partial charge is 0.472 e. The fourth-order valence-corrected chi connectivity index (χ4v) is 3.80. The quantitative estimate of drug-likeness (QED) is 0.756. The molecule has 0 radical (unpaired) electrons. The molecular weight excluding hydrogens is 260 g/mol. The van der Waals surface area contributed by atoms with E-state index < -0.39 is 0 Å². The minimum atomic E-state index is 0.431. The first-order chi connectivity index (χ1) is 10.3. The number of nitrogens with one attached hydrogen (secondary N) is 2. The third-order valence-electron chi connectivity index (χ3n) is 5.16. The molecule has 3 heteroatoms. The number of hydrogen-bond donors (Lipinski definition) is 2. The second kappa shape index (κ2) is 8.60. The third kappa shape index (κ3) is 4.58. The SMILES string of the molecule is CCCNC(CC1CC(CC)CCC1NC)c1ccoc1. The first-order valence-electron chi connectivity index (χ1n) is 8.71. The Bertz CT molecular complexity index is 377. The molecule has 0 saturated heterocycles. The van der Waals surface area contributed by atoms with Crippen molar-refractivity contribution in [2.75, 3.05) is 13.6 Å². The second-order valence-electron chi connectivity index (χ2n) is 6.54. The molecule has 1 aromatic heterocycles. The lowest BCUT2D eigenvalue weighted by atomic mass is 9.74. The van der Waals surface area contributed by atoms with E-state index in [4.69, 9.17) is 4.42 Å². The normalized spacial score (nSPS) is 27.7. The van der Waals surface area contributed by atoms with Gasteiger partial charge in [0.1, 0.15) is 0 Å². The molecule has 2 rings (SSSR count). The predicted molar refractivity (Wildman–Crippen MR) is 88.3 cm³/mol.